The van der Waals surface area contributed by atoms with Crippen LogP contribution in [0, 0.1) is 6.92 Å². The van der Waals surface area contributed by atoms with Crippen LogP contribution in [-0.4, -0.2) is 48.7 Å². The molecule has 2 heterocycles. The first kappa shape index (κ1) is 19.0. The lowest BCUT2D eigenvalue weighted by molar-refractivity contribution is -0.130. The third kappa shape index (κ3) is 4.32. The summed E-state index contributed by atoms with van der Waals surface area (Å²) in [5.41, 5.74) is 0.927. The van der Waals surface area contributed by atoms with Gasteiger partial charge in [-0.25, -0.2) is 13.4 Å². The number of sulfonamides is 1. The van der Waals surface area contributed by atoms with E-state index in [1.54, 1.807) is 30.3 Å². The molecule has 2 aromatic rings. The van der Waals surface area contributed by atoms with Gasteiger partial charge in [0, 0.05) is 19.3 Å². The first-order valence-corrected chi connectivity index (χ1v) is 9.89. The summed E-state index contributed by atoms with van der Waals surface area (Å²) in [6, 6.07) is 10.3. The van der Waals surface area contributed by atoms with E-state index in [0.717, 1.165) is 9.87 Å². The Balaban J connectivity index is 1.81. The molecule has 142 valence electrons. The van der Waals surface area contributed by atoms with E-state index in [-0.39, 0.29) is 24.4 Å². The predicted octanol–water partition coefficient (Wildman–Crippen LogP) is 0.908. The number of pyridine rings is 1. The van der Waals surface area contributed by atoms with E-state index < -0.39 is 27.9 Å². The molecule has 1 atom stereocenters. The van der Waals surface area contributed by atoms with Gasteiger partial charge in [0.1, 0.15) is 11.9 Å². The van der Waals surface area contributed by atoms with Gasteiger partial charge in [-0.3, -0.25) is 9.59 Å². The van der Waals surface area contributed by atoms with Crippen LogP contribution < -0.4 is 10.6 Å². The quantitative estimate of drug-likeness (QED) is 0.791. The van der Waals surface area contributed by atoms with Gasteiger partial charge in [-0.15, -0.1) is 0 Å². The first-order chi connectivity index (χ1) is 12.9. The maximum absolute atomic E-state index is 13.0. The van der Waals surface area contributed by atoms with Gasteiger partial charge in [0.15, 0.2) is 0 Å². The fourth-order valence-corrected chi connectivity index (χ4v) is 4.42. The van der Waals surface area contributed by atoms with E-state index in [1.165, 1.54) is 18.3 Å². The van der Waals surface area contributed by atoms with Crippen molar-refractivity contribution in [3.05, 3.63) is 54.2 Å². The number of rotatable bonds is 5. The number of amides is 2. The maximum atomic E-state index is 13.0. The first-order valence-electron chi connectivity index (χ1n) is 8.45. The molecule has 2 amide bonds. The fraction of sp³-hybridized carbons (Fsp3) is 0.278. The summed E-state index contributed by atoms with van der Waals surface area (Å²) >= 11 is 0. The second-order valence-electron chi connectivity index (χ2n) is 6.20. The van der Waals surface area contributed by atoms with Gasteiger partial charge in [-0.05, 0) is 31.2 Å². The summed E-state index contributed by atoms with van der Waals surface area (Å²) in [5.74, 6) is -0.639. The van der Waals surface area contributed by atoms with Gasteiger partial charge in [0.2, 0.25) is 21.8 Å². The predicted molar refractivity (Wildman–Crippen MR) is 99.4 cm³/mol. The zero-order valence-corrected chi connectivity index (χ0v) is 15.6. The maximum Gasteiger partial charge on any atom is 0.243 e. The Labute approximate surface area is 157 Å². The molecule has 0 aliphatic carbocycles. The van der Waals surface area contributed by atoms with Crippen molar-refractivity contribution in [2.75, 3.05) is 18.4 Å². The van der Waals surface area contributed by atoms with Crippen molar-refractivity contribution < 1.29 is 18.0 Å². The summed E-state index contributed by atoms with van der Waals surface area (Å²) in [6.07, 6.45) is 1.23. The lowest BCUT2D eigenvalue weighted by Gasteiger charge is -2.33. The summed E-state index contributed by atoms with van der Waals surface area (Å²) in [5, 5.41) is 5.20. The molecule has 1 unspecified atom stereocenters. The van der Waals surface area contributed by atoms with Crippen molar-refractivity contribution in [1.29, 1.82) is 0 Å². The number of carbonyl (C=O) groups is 2. The van der Waals surface area contributed by atoms with Crippen LogP contribution in [0.15, 0.2) is 53.6 Å². The average Bonchev–Trinajstić information content (AvgIpc) is 2.64. The molecule has 1 aliphatic rings. The molecule has 0 radical (unpaired) electrons. The SMILES string of the molecule is Cc1ccc(S(=O)(=O)N2CCNC(=O)C2CC(=O)Nc2ccccn2)cc1. The van der Waals surface area contributed by atoms with E-state index >= 15 is 0 Å². The highest BCUT2D eigenvalue weighted by atomic mass is 32.2. The molecule has 1 aromatic heterocycles. The third-order valence-corrected chi connectivity index (χ3v) is 6.14. The topological polar surface area (TPSA) is 108 Å². The van der Waals surface area contributed by atoms with Gasteiger partial charge in [0.05, 0.1) is 11.3 Å². The van der Waals surface area contributed by atoms with Gasteiger partial charge in [0.25, 0.3) is 0 Å². The van der Waals surface area contributed by atoms with Crippen molar-refractivity contribution in [1.82, 2.24) is 14.6 Å². The zero-order chi connectivity index (χ0) is 19.4. The van der Waals surface area contributed by atoms with Crippen LogP contribution in [0.4, 0.5) is 5.82 Å². The summed E-state index contributed by atoms with van der Waals surface area (Å²) in [4.78, 5) is 28.7. The van der Waals surface area contributed by atoms with Crippen LogP contribution in [0.5, 0.6) is 0 Å². The molecule has 0 spiro atoms. The lowest BCUT2D eigenvalue weighted by atomic mass is 10.1. The highest BCUT2D eigenvalue weighted by Crippen LogP contribution is 2.22. The smallest absolute Gasteiger partial charge is 0.243 e. The molecule has 1 aromatic carbocycles. The molecule has 9 heteroatoms. The largest absolute Gasteiger partial charge is 0.353 e. The van der Waals surface area contributed by atoms with Crippen molar-refractivity contribution in [2.45, 2.75) is 24.3 Å². The molecule has 0 bridgehead atoms. The number of aromatic nitrogens is 1. The number of aryl methyl sites for hydroxylation is 1. The minimum Gasteiger partial charge on any atom is -0.353 e. The number of hydrogen-bond acceptors (Lipinski definition) is 5. The number of anilines is 1. The molecule has 1 fully saturated rings. The number of carbonyl (C=O) groups excluding carboxylic acids is 2. The number of nitrogens with one attached hydrogen (secondary N) is 2. The van der Waals surface area contributed by atoms with Crippen LogP contribution >= 0.6 is 0 Å². The van der Waals surface area contributed by atoms with Crippen LogP contribution in [0.1, 0.15) is 12.0 Å². The summed E-state index contributed by atoms with van der Waals surface area (Å²) in [7, 11) is -3.90. The zero-order valence-electron chi connectivity index (χ0n) is 14.8. The fourth-order valence-electron chi connectivity index (χ4n) is 2.83. The highest BCUT2D eigenvalue weighted by Gasteiger charge is 2.39. The van der Waals surface area contributed by atoms with E-state index in [1.807, 2.05) is 6.92 Å². The Morgan fingerprint density at radius 2 is 2.00 bits per heavy atom. The summed E-state index contributed by atoms with van der Waals surface area (Å²) in [6.45, 7) is 2.15. The monoisotopic (exact) mass is 388 g/mol. The second kappa shape index (κ2) is 7.85. The van der Waals surface area contributed by atoms with Crippen LogP contribution in [-0.2, 0) is 19.6 Å². The molecule has 1 saturated heterocycles. The van der Waals surface area contributed by atoms with E-state index in [2.05, 4.69) is 15.6 Å². The molecular weight excluding hydrogens is 368 g/mol. The number of benzene rings is 1. The standard InChI is InChI=1S/C18H20N4O4S/c1-13-5-7-14(8-6-13)27(25,26)22-11-10-20-18(24)15(22)12-17(23)21-16-4-2-3-9-19-16/h2-9,15H,10-12H2,1H3,(H,20,24)(H,19,21,23). The highest BCUT2D eigenvalue weighted by molar-refractivity contribution is 7.89. The Hall–Kier alpha value is -2.78. The van der Waals surface area contributed by atoms with Gasteiger partial charge in [-0.2, -0.15) is 4.31 Å². The van der Waals surface area contributed by atoms with E-state index in [0.29, 0.717) is 5.82 Å². The van der Waals surface area contributed by atoms with Crippen molar-refractivity contribution in [3.63, 3.8) is 0 Å². The molecule has 3 rings (SSSR count). The number of hydrogen-bond donors (Lipinski definition) is 2. The van der Waals surface area contributed by atoms with Crippen molar-refractivity contribution >= 4 is 27.7 Å². The molecule has 1 aliphatic heterocycles. The average molecular weight is 388 g/mol. The van der Waals surface area contributed by atoms with Crippen LogP contribution in [0.2, 0.25) is 0 Å². The van der Waals surface area contributed by atoms with Crippen LogP contribution in [0.25, 0.3) is 0 Å². The minimum absolute atomic E-state index is 0.0953. The van der Waals surface area contributed by atoms with Gasteiger partial charge in [-0.1, -0.05) is 23.8 Å². The molecule has 0 saturated carbocycles. The second-order valence-corrected chi connectivity index (χ2v) is 8.09. The Kier molecular flexibility index (Phi) is 5.52. The Bertz CT molecular complexity index is 930. The summed E-state index contributed by atoms with van der Waals surface area (Å²) < 4.78 is 27.1. The van der Waals surface area contributed by atoms with Crippen molar-refractivity contribution in [2.24, 2.45) is 0 Å². The molecule has 2 N–H and O–H groups in total. The van der Waals surface area contributed by atoms with Crippen LogP contribution in [0.3, 0.4) is 0 Å². The number of piperazine rings is 1. The molecule has 27 heavy (non-hydrogen) atoms. The van der Waals surface area contributed by atoms with Crippen molar-refractivity contribution in [3.8, 4) is 0 Å². The Morgan fingerprint density at radius 3 is 2.67 bits per heavy atom. The lowest BCUT2D eigenvalue weighted by Crippen LogP contribution is -2.57. The minimum atomic E-state index is -3.90. The van der Waals surface area contributed by atoms with Gasteiger partial charge >= 0.3 is 0 Å². The molecular formula is C18H20N4O4S. The van der Waals surface area contributed by atoms with E-state index in [9.17, 15) is 18.0 Å². The molecule has 8 nitrogen and oxygen atoms in total. The number of nitrogens with zero attached hydrogens (tertiary/aromatic N) is 2. The van der Waals surface area contributed by atoms with Gasteiger partial charge < -0.3 is 10.6 Å². The van der Waals surface area contributed by atoms with E-state index in [4.69, 9.17) is 0 Å². The normalized spacial score (nSPS) is 18.0. The third-order valence-electron chi connectivity index (χ3n) is 4.22. The Morgan fingerprint density at radius 1 is 1.26 bits per heavy atom.